The summed E-state index contributed by atoms with van der Waals surface area (Å²) in [6.07, 6.45) is 3.85. The number of hydrogen-bond donors (Lipinski definition) is 1. The molecule has 0 saturated carbocycles. The monoisotopic (exact) mass is 240 g/mol. The number of hydrogen-bond acceptors (Lipinski definition) is 2. The first-order valence-corrected chi connectivity index (χ1v) is 6.28. The summed E-state index contributed by atoms with van der Waals surface area (Å²) in [6.45, 7) is 7.32. The molecule has 0 atom stereocenters. The quantitative estimate of drug-likeness (QED) is 0.889. The Morgan fingerprint density at radius 3 is 2.39 bits per heavy atom. The molecule has 0 aliphatic heterocycles. The van der Waals surface area contributed by atoms with E-state index < -0.39 is 0 Å². The van der Waals surface area contributed by atoms with E-state index >= 15 is 0 Å². The van der Waals surface area contributed by atoms with Crippen LogP contribution in [0.1, 0.15) is 22.3 Å². The van der Waals surface area contributed by atoms with Crippen LogP contribution < -0.4 is 5.32 Å². The second-order valence-electron chi connectivity index (χ2n) is 4.86. The zero-order chi connectivity index (χ0) is 13.1. The van der Waals surface area contributed by atoms with E-state index in [1.165, 1.54) is 33.4 Å². The average molecular weight is 240 g/mol. The van der Waals surface area contributed by atoms with E-state index in [2.05, 4.69) is 49.3 Å². The molecule has 0 bridgehead atoms. The van der Waals surface area contributed by atoms with Crippen molar-refractivity contribution in [2.24, 2.45) is 0 Å². The van der Waals surface area contributed by atoms with Crippen LogP contribution in [0.5, 0.6) is 0 Å². The van der Waals surface area contributed by atoms with E-state index in [9.17, 15) is 0 Å². The maximum absolute atomic E-state index is 4.33. The topological polar surface area (TPSA) is 24.9 Å². The van der Waals surface area contributed by atoms with Gasteiger partial charge in [0.1, 0.15) is 0 Å². The number of aromatic nitrogens is 1. The van der Waals surface area contributed by atoms with Crippen molar-refractivity contribution >= 4 is 0 Å². The maximum Gasteiger partial charge on any atom is 0.0346 e. The van der Waals surface area contributed by atoms with E-state index in [0.717, 1.165) is 6.54 Å². The zero-order valence-corrected chi connectivity index (χ0v) is 11.5. The molecule has 0 fully saturated rings. The van der Waals surface area contributed by atoms with Gasteiger partial charge in [0.05, 0.1) is 0 Å². The minimum atomic E-state index is 0.852. The lowest BCUT2D eigenvalue weighted by Crippen LogP contribution is -2.05. The predicted octanol–water partition coefficient (Wildman–Crippen LogP) is 3.39. The van der Waals surface area contributed by atoms with Crippen LogP contribution in [0.25, 0.3) is 11.1 Å². The minimum absolute atomic E-state index is 0.852. The molecule has 0 aliphatic rings. The molecule has 0 amide bonds. The molecule has 18 heavy (non-hydrogen) atoms. The van der Waals surface area contributed by atoms with Gasteiger partial charge in [0.2, 0.25) is 0 Å². The lowest BCUT2D eigenvalue weighted by Gasteiger charge is -2.11. The SMILES string of the molecule is CNCc1cncc(-c2cc(C)c(C)cc2C)c1. The molecule has 1 heterocycles. The van der Waals surface area contributed by atoms with Gasteiger partial charge >= 0.3 is 0 Å². The molecular formula is C16H20N2. The molecular weight excluding hydrogens is 220 g/mol. The van der Waals surface area contributed by atoms with Gasteiger partial charge in [0, 0.05) is 24.5 Å². The highest BCUT2D eigenvalue weighted by molar-refractivity contribution is 5.68. The second kappa shape index (κ2) is 5.32. The number of benzene rings is 1. The summed E-state index contributed by atoms with van der Waals surface area (Å²) in [6, 6.07) is 6.71. The summed E-state index contributed by atoms with van der Waals surface area (Å²) in [5, 5.41) is 3.16. The Labute approximate surface area is 109 Å². The third-order valence-electron chi connectivity index (χ3n) is 3.33. The van der Waals surface area contributed by atoms with Crippen molar-refractivity contribution < 1.29 is 0 Å². The number of aryl methyl sites for hydroxylation is 3. The highest BCUT2D eigenvalue weighted by Crippen LogP contribution is 2.26. The Hall–Kier alpha value is -1.67. The Morgan fingerprint density at radius 1 is 0.944 bits per heavy atom. The molecule has 0 radical (unpaired) electrons. The first-order chi connectivity index (χ1) is 8.61. The van der Waals surface area contributed by atoms with Gasteiger partial charge in [-0.3, -0.25) is 4.98 Å². The molecule has 2 aromatic rings. The molecule has 0 aliphatic carbocycles. The van der Waals surface area contributed by atoms with Crippen LogP contribution >= 0.6 is 0 Å². The smallest absolute Gasteiger partial charge is 0.0346 e. The highest BCUT2D eigenvalue weighted by Gasteiger charge is 2.05. The number of pyridine rings is 1. The van der Waals surface area contributed by atoms with E-state index in [1.807, 2.05) is 19.4 Å². The summed E-state index contributed by atoms with van der Waals surface area (Å²) < 4.78 is 0. The molecule has 0 spiro atoms. The first-order valence-electron chi connectivity index (χ1n) is 6.28. The molecule has 1 aromatic heterocycles. The van der Waals surface area contributed by atoms with E-state index in [1.54, 1.807) is 0 Å². The van der Waals surface area contributed by atoms with Crippen LogP contribution in [0.15, 0.2) is 30.6 Å². The van der Waals surface area contributed by atoms with Crippen molar-refractivity contribution in [1.29, 1.82) is 0 Å². The third kappa shape index (κ3) is 2.59. The third-order valence-corrected chi connectivity index (χ3v) is 3.33. The lowest BCUT2D eigenvalue weighted by molar-refractivity contribution is 0.813. The lowest BCUT2D eigenvalue weighted by atomic mass is 9.96. The van der Waals surface area contributed by atoms with Gasteiger partial charge in [-0.25, -0.2) is 0 Å². The Bertz CT molecular complexity index is 559. The van der Waals surface area contributed by atoms with Crippen molar-refractivity contribution in [2.45, 2.75) is 27.3 Å². The fourth-order valence-corrected chi connectivity index (χ4v) is 2.21. The molecule has 1 aromatic carbocycles. The van der Waals surface area contributed by atoms with Crippen LogP contribution in [0.3, 0.4) is 0 Å². The molecule has 2 nitrogen and oxygen atoms in total. The van der Waals surface area contributed by atoms with Crippen molar-refractivity contribution in [3.8, 4) is 11.1 Å². The van der Waals surface area contributed by atoms with Gasteiger partial charge in [-0.1, -0.05) is 12.1 Å². The highest BCUT2D eigenvalue weighted by atomic mass is 14.8. The van der Waals surface area contributed by atoms with Crippen molar-refractivity contribution in [1.82, 2.24) is 10.3 Å². The van der Waals surface area contributed by atoms with Crippen LogP contribution in [0, 0.1) is 20.8 Å². The van der Waals surface area contributed by atoms with E-state index in [-0.39, 0.29) is 0 Å². The molecule has 0 unspecified atom stereocenters. The number of rotatable bonds is 3. The largest absolute Gasteiger partial charge is 0.316 e. The van der Waals surface area contributed by atoms with Gasteiger partial charge in [-0.2, -0.15) is 0 Å². The predicted molar refractivity (Wildman–Crippen MR) is 76.6 cm³/mol. The Balaban J connectivity index is 2.48. The summed E-state index contributed by atoms with van der Waals surface area (Å²) in [5.41, 5.74) is 7.67. The molecule has 1 N–H and O–H groups in total. The van der Waals surface area contributed by atoms with Gasteiger partial charge in [0.25, 0.3) is 0 Å². The Kier molecular flexibility index (Phi) is 3.78. The van der Waals surface area contributed by atoms with Crippen molar-refractivity contribution in [2.75, 3.05) is 7.05 Å². The van der Waals surface area contributed by atoms with Crippen LogP contribution in [0.4, 0.5) is 0 Å². The van der Waals surface area contributed by atoms with Gasteiger partial charge < -0.3 is 5.32 Å². The first kappa shape index (κ1) is 12.8. The molecule has 2 rings (SSSR count). The number of nitrogens with zero attached hydrogens (tertiary/aromatic N) is 1. The normalized spacial score (nSPS) is 10.7. The fourth-order valence-electron chi connectivity index (χ4n) is 2.21. The zero-order valence-electron chi connectivity index (χ0n) is 11.5. The van der Waals surface area contributed by atoms with Crippen molar-refractivity contribution in [3.63, 3.8) is 0 Å². The summed E-state index contributed by atoms with van der Waals surface area (Å²) in [4.78, 5) is 4.33. The van der Waals surface area contributed by atoms with Crippen molar-refractivity contribution in [3.05, 3.63) is 52.8 Å². The Morgan fingerprint density at radius 2 is 1.67 bits per heavy atom. The molecule has 0 saturated heterocycles. The second-order valence-corrected chi connectivity index (χ2v) is 4.86. The van der Waals surface area contributed by atoms with Crippen LogP contribution in [-0.2, 0) is 6.54 Å². The average Bonchev–Trinajstić information content (AvgIpc) is 2.34. The molecule has 94 valence electrons. The number of nitrogens with one attached hydrogen (secondary N) is 1. The molecule has 2 heteroatoms. The van der Waals surface area contributed by atoms with Crippen LogP contribution in [-0.4, -0.2) is 12.0 Å². The fraction of sp³-hybridized carbons (Fsp3) is 0.312. The maximum atomic E-state index is 4.33. The van der Waals surface area contributed by atoms with E-state index in [4.69, 9.17) is 0 Å². The van der Waals surface area contributed by atoms with Crippen LogP contribution in [0.2, 0.25) is 0 Å². The summed E-state index contributed by atoms with van der Waals surface area (Å²) >= 11 is 0. The minimum Gasteiger partial charge on any atom is -0.316 e. The van der Waals surface area contributed by atoms with Gasteiger partial charge in [-0.15, -0.1) is 0 Å². The summed E-state index contributed by atoms with van der Waals surface area (Å²) in [7, 11) is 1.95. The van der Waals surface area contributed by atoms with Gasteiger partial charge in [0.15, 0.2) is 0 Å². The summed E-state index contributed by atoms with van der Waals surface area (Å²) in [5.74, 6) is 0. The standard InChI is InChI=1S/C16H20N2/c1-11-5-13(3)16(6-12(11)2)15-7-14(8-17-4)9-18-10-15/h5-7,9-10,17H,8H2,1-4H3. The van der Waals surface area contributed by atoms with E-state index in [0.29, 0.717) is 0 Å². The van der Waals surface area contributed by atoms with Gasteiger partial charge in [-0.05, 0) is 61.7 Å².